The highest BCUT2D eigenvalue weighted by atomic mass is 32.1. The fraction of sp³-hybridized carbons (Fsp3) is 0.429. The summed E-state index contributed by atoms with van der Waals surface area (Å²) in [6, 6.07) is 0. The molecule has 0 aliphatic rings. The van der Waals surface area contributed by atoms with Crippen LogP contribution in [0.15, 0.2) is 6.20 Å². The largest absolute Gasteiger partial charge is 0.329 e. The Kier molecular flexibility index (Phi) is 3.21. The molecule has 1 aromatic rings. The predicted octanol–water partition coefficient (Wildman–Crippen LogP) is 0.143. The Morgan fingerprint density at radius 2 is 2.46 bits per heavy atom. The molecule has 0 fully saturated rings. The molecule has 0 amide bonds. The van der Waals surface area contributed by atoms with Crippen LogP contribution in [0.5, 0.6) is 0 Å². The van der Waals surface area contributed by atoms with Gasteiger partial charge >= 0.3 is 0 Å². The lowest BCUT2D eigenvalue weighted by Gasteiger charge is -2.04. The summed E-state index contributed by atoms with van der Waals surface area (Å²) in [6.07, 6.45) is 2.72. The van der Waals surface area contributed by atoms with Crippen molar-refractivity contribution in [3.05, 3.63) is 11.9 Å². The smallest absolute Gasteiger partial charge is 0.185 e. The quantitative estimate of drug-likeness (QED) is 0.359. The Morgan fingerprint density at radius 3 is 3.00 bits per heavy atom. The molecule has 0 radical (unpaired) electrons. The number of aromatic nitrogens is 2. The molecule has 13 heavy (non-hydrogen) atoms. The third-order valence-electron chi connectivity index (χ3n) is 1.62. The number of anilines is 1. The van der Waals surface area contributed by atoms with Crippen molar-refractivity contribution in [1.82, 2.24) is 15.2 Å². The predicted molar refractivity (Wildman–Crippen MR) is 56.1 cm³/mol. The van der Waals surface area contributed by atoms with E-state index < -0.39 is 0 Å². The van der Waals surface area contributed by atoms with E-state index in [0.717, 1.165) is 17.8 Å². The molecule has 1 heterocycles. The molecule has 0 bridgehead atoms. The number of nitrogens with zero attached hydrogens (tertiary/aromatic N) is 2. The van der Waals surface area contributed by atoms with Crippen molar-refractivity contribution >= 4 is 23.0 Å². The van der Waals surface area contributed by atoms with E-state index in [9.17, 15) is 0 Å². The molecule has 0 spiro atoms. The second-order valence-electron chi connectivity index (χ2n) is 2.62. The van der Waals surface area contributed by atoms with Gasteiger partial charge in [0.05, 0.1) is 11.4 Å². The number of nitrogens with two attached hydrogens (primary N) is 1. The normalized spacial score (nSPS) is 9.77. The van der Waals surface area contributed by atoms with Gasteiger partial charge in [-0.15, -0.1) is 0 Å². The van der Waals surface area contributed by atoms with Crippen LogP contribution in [0.25, 0.3) is 0 Å². The average Bonchev–Trinajstić information content (AvgIpc) is 2.46. The standard InChI is InChI=1S/C7H13N5S/c1-3-5-6(4-12(2)11-5)9-7(13)10-8/h4H,3,8H2,1-2H3,(H2,9,10,13). The van der Waals surface area contributed by atoms with Gasteiger partial charge in [-0.1, -0.05) is 6.92 Å². The first kappa shape index (κ1) is 9.94. The molecular formula is C7H13N5S. The fourth-order valence-corrected chi connectivity index (χ4v) is 1.17. The summed E-state index contributed by atoms with van der Waals surface area (Å²) in [7, 11) is 1.86. The highest BCUT2D eigenvalue weighted by Crippen LogP contribution is 2.12. The molecule has 4 N–H and O–H groups in total. The van der Waals surface area contributed by atoms with Crippen molar-refractivity contribution in [3.63, 3.8) is 0 Å². The van der Waals surface area contributed by atoms with Crippen LogP contribution in [0.3, 0.4) is 0 Å². The van der Waals surface area contributed by atoms with Gasteiger partial charge in [0, 0.05) is 13.2 Å². The molecular weight excluding hydrogens is 186 g/mol. The summed E-state index contributed by atoms with van der Waals surface area (Å²) < 4.78 is 1.74. The van der Waals surface area contributed by atoms with Crippen molar-refractivity contribution in [2.24, 2.45) is 12.9 Å². The van der Waals surface area contributed by atoms with Gasteiger partial charge in [0.2, 0.25) is 0 Å². The number of thiocarbonyl (C=S) groups is 1. The van der Waals surface area contributed by atoms with E-state index >= 15 is 0 Å². The van der Waals surface area contributed by atoms with Crippen LogP contribution in [-0.4, -0.2) is 14.9 Å². The Hall–Kier alpha value is -1.14. The van der Waals surface area contributed by atoms with Gasteiger partial charge in [-0.2, -0.15) is 5.10 Å². The van der Waals surface area contributed by atoms with E-state index in [2.05, 4.69) is 15.8 Å². The SMILES string of the molecule is CCc1nn(C)cc1NC(=S)NN. The minimum atomic E-state index is 0.391. The van der Waals surface area contributed by atoms with Crippen LogP contribution in [-0.2, 0) is 13.5 Å². The second-order valence-corrected chi connectivity index (χ2v) is 3.02. The molecule has 0 unspecified atom stereocenters. The topological polar surface area (TPSA) is 67.9 Å². The van der Waals surface area contributed by atoms with Gasteiger partial charge in [-0.3, -0.25) is 4.68 Å². The third-order valence-corrected chi connectivity index (χ3v) is 1.84. The summed E-state index contributed by atoms with van der Waals surface area (Å²) in [6.45, 7) is 2.03. The Labute approximate surface area is 82.3 Å². The summed E-state index contributed by atoms with van der Waals surface area (Å²) in [4.78, 5) is 0. The van der Waals surface area contributed by atoms with Crippen molar-refractivity contribution in [1.29, 1.82) is 0 Å². The molecule has 5 nitrogen and oxygen atoms in total. The van der Waals surface area contributed by atoms with Gasteiger partial charge < -0.3 is 10.7 Å². The Balaban J connectivity index is 2.80. The molecule has 0 atom stereocenters. The summed E-state index contributed by atoms with van der Waals surface area (Å²) in [5, 5.41) is 7.58. The van der Waals surface area contributed by atoms with Gasteiger partial charge in [-0.25, -0.2) is 5.84 Å². The van der Waals surface area contributed by atoms with E-state index in [1.54, 1.807) is 4.68 Å². The van der Waals surface area contributed by atoms with Crippen molar-refractivity contribution in [3.8, 4) is 0 Å². The van der Waals surface area contributed by atoms with Gasteiger partial charge in [0.25, 0.3) is 0 Å². The highest BCUT2D eigenvalue weighted by molar-refractivity contribution is 7.80. The third kappa shape index (κ3) is 2.40. The first-order valence-electron chi connectivity index (χ1n) is 3.97. The highest BCUT2D eigenvalue weighted by Gasteiger charge is 2.05. The first-order valence-corrected chi connectivity index (χ1v) is 4.38. The number of hydrogen-bond donors (Lipinski definition) is 3. The van der Waals surface area contributed by atoms with Gasteiger partial charge in [0.1, 0.15) is 0 Å². The maximum atomic E-state index is 5.14. The zero-order valence-corrected chi connectivity index (χ0v) is 8.48. The maximum absolute atomic E-state index is 5.14. The number of aryl methyl sites for hydroxylation is 2. The summed E-state index contributed by atoms with van der Waals surface area (Å²) in [5.74, 6) is 5.14. The molecule has 1 rings (SSSR count). The second kappa shape index (κ2) is 4.20. The molecule has 6 heteroatoms. The molecule has 1 aromatic heterocycles. The zero-order chi connectivity index (χ0) is 9.84. The van der Waals surface area contributed by atoms with Gasteiger partial charge in [0.15, 0.2) is 5.11 Å². The van der Waals surface area contributed by atoms with Crippen LogP contribution < -0.4 is 16.6 Å². The van der Waals surface area contributed by atoms with Crippen LogP contribution in [0, 0.1) is 0 Å². The number of nitrogens with one attached hydrogen (secondary N) is 2. The monoisotopic (exact) mass is 199 g/mol. The lowest BCUT2D eigenvalue weighted by Crippen LogP contribution is -2.34. The summed E-state index contributed by atoms with van der Waals surface area (Å²) in [5.41, 5.74) is 4.23. The number of rotatable bonds is 2. The van der Waals surface area contributed by atoms with Crippen molar-refractivity contribution in [2.75, 3.05) is 5.32 Å². The van der Waals surface area contributed by atoms with E-state index in [4.69, 9.17) is 18.1 Å². The van der Waals surface area contributed by atoms with E-state index in [0.29, 0.717) is 5.11 Å². The fourth-order valence-electron chi connectivity index (χ4n) is 1.06. The average molecular weight is 199 g/mol. The van der Waals surface area contributed by atoms with Gasteiger partial charge in [-0.05, 0) is 18.6 Å². The Bertz CT molecular complexity index is 306. The maximum Gasteiger partial charge on any atom is 0.185 e. The van der Waals surface area contributed by atoms with Crippen LogP contribution >= 0.6 is 12.2 Å². The van der Waals surface area contributed by atoms with Crippen molar-refractivity contribution < 1.29 is 0 Å². The molecule has 0 aliphatic heterocycles. The lowest BCUT2D eigenvalue weighted by molar-refractivity contribution is 0.746. The summed E-state index contributed by atoms with van der Waals surface area (Å²) >= 11 is 4.87. The number of hydrazine groups is 1. The Morgan fingerprint density at radius 1 is 1.77 bits per heavy atom. The zero-order valence-electron chi connectivity index (χ0n) is 7.66. The first-order chi connectivity index (χ1) is 6.17. The van der Waals surface area contributed by atoms with E-state index in [1.165, 1.54) is 0 Å². The van der Waals surface area contributed by atoms with E-state index in [-0.39, 0.29) is 0 Å². The van der Waals surface area contributed by atoms with Crippen LogP contribution in [0.2, 0.25) is 0 Å². The molecule has 0 saturated heterocycles. The van der Waals surface area contributed by atoms with Crippen molar-refractivity contribution in [2.45, 2.75) is 13.3 Å². The van der Waals surface area contributed by atoms with Crippen LogP contribution in [0.1, 0.15) is 12.6 Å². The number of hydrogen-bond acceptors (Lipinski definition) is 3. The molecule has 0 aromatic carbocycles. The minimum Gasteiger partial charge on any atom is -0.329 e. The molecule has 72 valence electrons. The van der Waals surface area contributed by atoms with E-state index in [1.807, 2.05) is 20.2 Å². The van der Waals surface area contributed by atoms with Crippen LogP contribution in [0.4, 0.5) is 5.69 Å². The molecule has 0 aliphatic carbocycles. The molecule has 0 saturated carbocycles. The lowest BCUT2D eigenvalue weighted by atomic mass is 10.3. The minimum absolute atomic E-state index is 0.391.